The molecule has 0 aliphatic carbocycles. The molecule has 0 radical (unpaired) electrons. The molecule has 1 aliphatic heterocycles. The van der Waals surface area contributed by atoms with Gasteiger partial charge in [-0.2, -0.15) is 0 Å². The molecule has 0 aromatic heterocycles. The predicted octanol–water partition coefficient (Wildman–Crippen LogP) is 2.62. The zero-order chi connectivity index (χ0) is 14.5. The number of phenolic OH excluding ortho intramolecular Hbond substituents is 1. The summed E-state index contributed by atoms with van der Waals surface area (Å²) in [6.07, 6.45) is 2.04. The predicted molar refractivity (Wildman–Crippen MR) is 83.0 cm³/mol. The van der Waals surface area contributed by atoms with Crippen LogP contribution in [0.3, 0.4) is 0 Å². The maximum absolute atomic E-state index is 12.4. The number of nitrogens with one attached hydrogen (secondary N) is 1. The second kappa shape index (κ2) is 7.09. The monoisotopic (exact) mass is 340 g/mol. The van der Waals surface area contributed by atoms with Crippen LogP contribution < -0.4 is 5.32 Å². The molecule has 2 N–H and O–H groups in total. The average molecular weight is 341 g/mol. The maximum atomic E-state index is 12.4. The summed E-state index contributed by atoms with van der Waals surface area (Å²) < 4.78 is 0.806. The van der Waals surface area contributed by atoms with E-state index in [1.54, 1.807) is 18.2 Å². The van der Waals surface area contributed by atoms with Crippen molar-refractivity contribution < 1.29 is 9.90 Å². The second-order valence-electron chi connectivity index (χ2n) is 5.20. The minimum atomic E-state index is -0.0781. The molecule has 1 saturated heterocycles. The van der Waals surface area contributed by atoms with Crippen LogP contribution in [0.15, 0.2) is 22.7 Å². The third-order valence-corrected chi connectivity index (χ3v) is 4.27. The van der Waals surface area contributed by atoms with Gasteiger partial charge >= 0.3 is 0 Å². The van der Waals surface area contributed by atoms with E-state index in [1.165, 1.54) is 0 Å². The molecule has 1 heterocycles. The van der Waals surface area contributed by atoms with Crippen LogP contribution >= 0.6 is 15.9 Å². The number of hydrogen-bond acceptors (Lipinski definition) is 3. The van der Waals surface area contributed by atoms with Gasteiger partial charge in [-0.1, -0.05) is 22.9 Å². The van der Waals surface area contributed by atoms with Crippen LogP contribution in [-0.2, 0) is 0 Å². The first-order chi connectivity index (χ1) is 9.61. The molecule has 0 atom stereocenters. The fourth-order valence-electron chi connectivity index (χ4n) is 2.54. The van der Waals surface area contributed by atoms with Gasteiger partial charge in [0.1, 0.15) is 5.75 Å². The van der Waals surface area contributed by atoms with Crippen LogP contribution in [0, 0.1) is 5.92 Å². The molecule has 4 nitrogen and oxygen atoms in total. The van der Waals surface area contributed by atoms with Gasteiger partial charge in [0.15, 0.2) is 0 Å². The molecule has 1 aliphatic rings. The summed E-state index contributed by atoms with van der Waals surface area (Å²) in [7, 11) is 0. The SMILES string of the molecule is CCNCC1CCN(C(=O)c2cc(Br)ccc2O)CC1. The van der Waals surface area contributed by atoms with Crippen molar-refractivity contribution >= 4 is 21.8 Å². The number of halogens is 1. The highest BCUT2D eigenvalue weighted by Gasteiger charge is 2.24. The Balaban J connectivity index is 1.96. The first-order valence-corrected chi connectivity index (χ1v) is 7.89. The van der Waals surface area contributed by atoms with Gasteiger partial charge in [-0.3, -0.25) is 4.79 Å². The lowest BCUT2D eigenvalue weighted by atomic mass is 9.96. The Morgan fingerprint density at radius 3 is 2.80 bits per heavy atom. The Morgan fingerprint density at radius 1 is 1.45 bits per heavy atom. The number of amides is 1. The van der Waals surface area contributed by atoms with E-state index >= 15 is 0 Å². The number of phenols is 1. The van der Waals surface area contributed by atoms with Gasteiger partial charge in [0.25, 0.3) is 5.91 Å². The number of hydrogen-bond donors (Lipinski definition) is 2. The highest BCUT2D eigenvalue weighted by atomic mass is 79.9. The van der Waals surface area contributed by atoms with Crippen LogP contribution in [0.1, 0.15) is 30.1 Å². The van der Waals surface area contributed by atoms with Gasteiger partial charge in [0.2, 0.25) is 0 Å². The summed E-state index contributed by atoms with van der Waals surface area (Å²) in [6.45, 7) is 5.65. The number of rotatable bonds is 4. The molecular weight excluding hydrogens is 320 g/mol. The van der Waals surface area contributed by atoms with E-state index in [2.05, 4.69) is 28.2 Å². The van der Waals surface area contributed by atoms with E-state index < -0.39 is 0 Å². The lowest BCUT2D eigenvalue weighted by Crippen LogP contribution is -2.40. The highest BCUT2D eigenvalue weighted by Crippen LogP contribution is 2.25. The lowest BCUT2D eigenvalue weighted by Gasteiger charge is -2.32. The molecule has 0 bridgehead atoms. The Labute approximate surface area is 128 Å². The topological polar surface area (TPSA) is 52.6 Å². The quantitative estimate of drug-likeness (QED) is 0.885. The van der Waals surface area contributed by atoms with Crippen LogP contribution in [0.5, 0.6) is 5.75 Å². The zero-order valence-corrected chi connectivity index (χ0v) is 13.3. The van der Waals surface area contributed by atoms with Crippen molar-refractivity contribution in [2.24, 2.45) is 5.92 Å². The first kappa shape index (κ1) is 15.3. The molecule has 1 aromatic carbocycles. The molecule has 0 saturated carbocycles. The molecule has 20 heavy (non-hydrogen) atoms. The van der Waals surface area contributed by atoms with Crippen molar-refractivity contribution in [2.45, 2.75) is 19.8 Å². The third-order valence-electron chi connectivity index (χ3n) is 3.77. The van der Waals surface area contributed by atoms with Crippen LogP contribution in [0.2, 0.25) is 0 Å². The number of carbonyl (C=O) groups is 1. The standard InChI is InChI=1S/C15H21BrN2O2/c1-2-17-10-11-5-7-18(8-6-11)15(20)13-9-12(16)3-4-14(13)19/h3-4,9,11,17,19H,2,5-8,10H2,1H3. The third kappa shape index (κ3) is 3.73. The molecule has 5 heteroatoms. The van der Waals surface area contributed by atoms with E-state index in [0.29, 0.717) is 11.5 Å². The zero-order valence-electron chi connectivity index (χ0n) is 11.7. The van der Waals surface area contributed by atoms with Crippen LogP contribution in [0.25, 0.3) is 0 Å². The Kier molecular flexibility index (Phi) is 5.43. The molecule has 2 rings (SSSR count). The minimum absolute atomic E-state index is 0.0490. The smallest absolute Gasteiger partial charge is 0.257 e. The van der Waals surface area contributed by atoms with Crippen LogP contribution in [0.4, 0.5) is 0 Å². The largest absolute Gasteiger partial charge is 0.507 e. The van der Waals surface area contributed by atoms with Gasteiger partial charge < -0.3 is 15.3 Å². The van der Waals surface area contributed by atoms with Crippen molar-refractivity contribution in [2.75, 3.05) is 26.2 Å². The molecule has 1 amide bonds. The van der Waals surface area contributed by atoms with Crippen molar-refractivity contribution in [3.05, 3.63) is 28.2 Å². The van der Waals surface area contributed by atoms with E-state index in [4.69, 9.17) is 0 Å². The highest BCUT2D eigenvalue weighted by molar-refractivity contribution is 9.10. The number of nitrogens with zero attached hydrogens (tertiary/aromatic N) is 1. The minimum Gasteiger partial charge on any atom is -0.507 e. The summed E-state index contributed by atoms with van der Waals surface area (Å²) in [6, 6.07) is 4.96. The average Bonchev–Trinajstić information content (AvgIpc) is 2.47. The van der Waals surface area contributed by atoms with E-state index in [0.717, 1.165) is 43.5 Å². The van der Waals surface area contributed by atoms with Crippen LogP contribution in [-0.4, -0.2) is 42.1 Å². The summed E-state index contributed by atoms with van der Waals surface area (Å²) in [5.74, 6) is 0.619. The van der Waals surface area contributed by atoms with Gasteiger partial charge in [0.05, 0.1) is 5.56 Å². The Bertz CT molecular complexity index is 471. The van der Waals surface area contributed by atoms with Crippen molar-refractivity contribution in [3.63, 3.8) is 0 Å². The molecule has 0 unspecified atom stereocenters. The van der Waals surface area contributed by atoms with Gasteiger partial charge in [-0.15, -0.1) is 0 Å². The molecule has 1 fully saturated rings. The van der Waals surface area contributed by atoms with Crippen molar-refractivity contribution in [1.29, 1.82) is 0 Å². The fraction of sp³-hybridized carbons (Fsp3) is 0.533. The van der Waals surface area contributed by atoms with E-state index in [-0.39, 0.29) is 11.7 Å². The van der Waals surface area contributed by atoms with E-state index in [9.17, 15) is 9.90 Å². The summed E-state index contributed by atoms with van der Waals surface area (Å²) >= 11 is 3.34. The van der Waals surface area contributed by atoms with Crippen molar-refractivity contribution in [1.82, 2.24) is 10.2 Å². The van der Waals surface area contributed by atoms with Gasteiger partial charge in [0, 0.05) is 17.6 Å². The summed E-state index contributed by atoms with van der Waals surface area (Å²) in [4.78, 5) is 14.3. The van der Waals surface area contributed by atoms with Gasteiger partial charge in [-0.25, -0.2) is 0 Å². The fourth-order valence-corrected chi connectivity index (χ4v) is 2.90. The van der Waals surface area contributed by atoms with E-state index in [1.807, 2.05) is 4.90 Å². The van der Waals surface area contributed by atoms with Gasteiger partial charge in [-0.05, 0) is 50.0 Å². The summed E-state index contributed by atoms with van der Waals surface area (Å²) in [5, 5.41) is 13.2. The number of piperidine rings is 1. The Hall–Kier alpha value is -1.07. The Morgan fingerprint density at radius 2 is 2.15 bits per heavy atom. The first-order valence-electron chi connectivity index (χ1n) is 7.10. The number of carbonyl (C=O) groups excluding carboxylic acids is 1. The lowest BCUT2D eigenvalue weighted by molar-refractivity contribution is 0.0687. The number of likely N-dealkylation sites (tertiary alicyclic amines) is 1. The number of aromatic hydroxyl groups is 1. The molecule has 110 valence electrons. The van der Waals surface area contributed by atoms with Crippen molar-refractivity contribution in [3.8, 4) is 5.75 Å². The molecule has 0 spiro atoms. The summed E-state index contributed by atoms with van der Waals surface area (Å²) in [5.41, 5.74) is 0.379. The normalized spacial score (nSPS) is 16.4. The second-order valence-corrected chi connectivity index (χ2v) is 6.12. The maximum Gasteiger partial charge on any atom is 0.257 e. The number of benzene rings is 1. The molecule has 1 aromatic rings. The molecular formula is C15H21BrN2O2.